The summed E-state index contributed by atoms with van der Waals surface area (Å²) >= 11 is 3.03. The van der Waals surface area contributed by atoms with E-state index < -0.39 is 11.6 Å². The third-order valence-electron chi connectivity index (χ3n) is 2.50. The first-order valence-electron chi connectivity index (χ1n) is 5.65. The molecule has 0 radical (unpaired) electrons. The van der Waals surface area contributed by atoms with E-state index in [1.165, 1.54) is 18.2 Å². The first kappa shape index (κ1) is 14.4. The van der Waals surface area contributed by atoms with Gasteiger partial charge in [0.05, 0.1) is 10.2 Å². The van der Waals surface area contributed by atoms with Crippen molar-refractivity contribution in [3.8, 4) is 0 Å². The molecule has 2 aromatic carbocycles. The van der Waals surface area contributed by atoms with E-state index in [0.29, 0.717) is 11.3 Å². The third-order valence-corrected chi connectivity index (χ3v) is 3.11. The van der Waals surface area contributed by atoms with Gasteiger partial charge in [0.2, 0.25) is 5.78 Å². The maximum Gasteiger partial charge on any atom is 0.230 e. The van der Waals surface area contributed by atoms with Gasteiger partial charge in [0.25, 0.3) is 0 Å². The van der Waals surface area contributed by atoms with E-state index in [1.54, 1.807) is 35.8 Å². The van der Waals surface area contributed by atoms with Crippen LogP contribution in [-0.4, -0.2) is 16.8 Å². The molecular weight excluding hydrogens is 327 g/mol. The Kier molecular flexibility index (Phi) is 4.60. The van der Waals surface area contributed by atoms with Crippen molar-refractivity contribution in [2.75, 3.05) is 0 Å². The van der Waals surface area contributed by atoms with Gasteiger partial charge in [0.1, 0.15) is 5.82 Å². The van der Waals surface area contributed by atoms with Crippen molar-refractivity contribution in [1.29, 1.82) is 0 Å². The van der Waals surface area contributed by atoms with Crippen LogP contribution in [0.15, 0.2) is 58.0 Å². The number of carbonyl (C=O) groups is 1. The number of hydrogen-bond donors (Lipinski definition) is 2. The Hall–Kier alpha value is -2.05. The molecule has 20 heavy (non-hydrogen) atoms. The molecule has 4 nitrogen and oxygen atoms in total. The highest BCUT2D eigenvalue weighted by Crippen LogP contribution is 2.22. The average molecular weight is 337 g/mol. The van der Waals surface area contributed by atoms with Gasteiger partial charge in [0, 0.05) is 5.56 Å². The van der Waals surface area contributed by atoms with E-state index in [2.05, 4.69) is 20.9 Å². The van der Waals surface area contributed by atoms with Crippen LogP contribution in [0.1, 0.15) is 10.4 Å². The molecule has 0 fully saturated rings. The summed E-state index contributed by atoms with van der Waals surface area (Å²) in [6, 6.07) is 12.4. The van der Waals surface area contributed by atoms with Crippen molar-refractivity contribution < 1.29 is 14.4 Å². The van der Waals surface area contributed by atoms with Gasteiger partial charge >= 0.3 is 0 Å². The minimum absolute atomic E-state index is 0.225. The maximum atomic E-state index is 13.1. The number of nitrogens with zero attached hydrogens (tertiary/aromatic N) is 1. The number of Topliss-reactive ketones (excluding diaryl/α,β-unsaturated/α-hetero) is 1. The standard InChI is InChI=1S/C14H10BrFN2O2/c15-11-8-10(6-7-12(11)16)17-14(18-20)13(19)9-4-2-1-3-5-9/h1-8,20H,(H,17,18). The Bertz CT molecular complexity index is 659. The maximum absolute atomic E-state index is 13.1. The van der Waals surface area contributed by atoms with E-state index >= 15 is 0 Å². The molecule has 0 spiro atoms. The number of nitrogens with one attached hydrogen (secondary N) is 1. The SMILES string of the molecule is O=C(C(=Nc1ccc(F)c(Br)c1)NO)c1ccccc1. The molecule has 0 bridgehead atoms. The van der Waals surface area contributed by atoms with Crippen molar-refractivity contribution in [3.63, 3.8) is 0 Å². The fraction of sp³-hybridized carbons (Fsp3) is 0. The van der Waals surface area contributed by atoms with E-state index in [0.717, 1.165) is 0 Å². The highest BCUT2D eigenvalue weighted by Gasteiger charge is 2.13. The topological polar surface area (TPSA) is 61.7 Å². The summed E-state index contributed by atoms with van der Waals surface area (Å²) in [6.45, 7) is 0. The smallest absolute Gasteiger partial charge is 0.230 e. The zero-order valence-electron chi connectivity index (χ0n) is 10.2. The van der Waals surface area contributed by atoms with Crippen LogP contribution in [-0.2, 0) is 0 Å². The summed E-state index contributed by atoms with van der Waals surface area (Å²) in [5.41, 5.74) is 2.49. The predicted molar refractivity (Wildman–Crippen MR) is 76.9 cm³/mol. The second kappa shape index (κ2) is 6.40. The number of carbonyl (C=O) groups excluding carboxylic acids is 1. The van der Waals surface area contributed by atoms with Crippen LogP contribution in [0.5, 0.6) is 0 Å². The van der Waals surface area contributed by atoms with Crippen molar-refractivity contribution in [2.24, 2.45) is 4.99 Å². The molecule has 2 N–H and O–H groups in total. The van der Waals surface area contributed by atoms with Crippen LogP contribution >= 0.6 is 15.9 Å². The molecule has 0 saturated heterocycles. The number of hydroxylamine groups is 1. The lowest BCUT2D eigenvalue weighted by Gasteiger charge is -2.04. The Balaban J connectivity index is 2.34. The lowest BCUT2D eigenvalue weighted by molar-refractivity contribution is 0.104. The van der Waals surface area contributed by atoms with Crippen molar-refractivity contribution in [2.45, 2.75) is 0 Å². The summed E-state index contributed by atoms with van der Waals surface area (Å²) in [5, 5.41) is 9.06. The van der Waals surface area contributed by atoms with Gasteiger partial charge in [-0.1, -0.05) is 30.3 Å². The minimum atomic E-state index is -0.464. The summed E-state index contributed by atoms with van der Waals surface area (Å²) in [5.74, 6) is -1.14. The summed E-state index contributed by atoms with van der Waals surface area (Å²) in [7, 11) is 0. The van der Waals surface area contributed by atoms with Gasteiger partial charge in [-0.25, -0.2) is 14.9 Å². The number of amidine groups is 1. The molecule has 0 heterocycles. The van der Waals surface area contributed by atoms with Crippen LogP contribution in [0.2, 0.25) is 0 Å². The molecule has 0 unspecified atom stereocenters. The molecular formula is C14H10BrFN2O2. The lowest BCUT2D eigenvalue weighted by Crippen LogP contribution is -2.28. The molecule has 0 atom stereocenters. The van der Waals surface area contributed by atoms with Crippen molar-refractivity contribution in [1.82, 2.24) is 5.48 Å². The van der Waals surface area contributed by atoms with E-state index in [-0.39, 0.29) is 10.3 Å². The zero-order valence-corrected chi connectivity index (χ0v) is 11.8. The van der Waals surface area contributed by atoms with Gasteiger partial charge in [-0.15, -0.1) is 0 Å². The Morgan fingerprint density at radius 3 is 2.50 bits per heavy atom. The molecule has 0 saturated carbocycles. The summed E-state index contributed by atoms with van der Waals surface area (Å²) < 4.78 is 13.3. The third kappa shape index (κ3) is 3.28. The second-order valence-corrected chi connectivity index (χ2v) is 4.72. The number of aliphatic imine (C=N–C) groups is 1. The number of hydrogen-bond acceptors (Lipinski definition) is 3. The van der Waals surface area contributed by atoms with Crippen LogP contribution in [0, 0.1) is 5.82 Å². The van der Waals surface area contributed by atoms with Gasteiger partial charge in [-0.2, -0.15) is 0 Å². The fourth-order valence-corrected chi connectivity index (χ4v) is 1.90. The highest BCUT2D eigenvalue weighted by atomic mass is 79.9. The van der Waals surface area contributed by atoms with Gasteiger partial charge in [0.15, 0.2) is 5.84 Å². The minimum Gasteiger partial charge on any atom is -0.290 e. The Morgan fingerprint density at radius 2 is 1.90 bits per heavy atom. The number of ketones is 1. The first-order chi connectivity index (χ1) is 9.61. The first-order valence-corrected chi connectivity index (χ1v) is 6.44. The normalized spacial score (nSPS) is 11.2. The summed E-state index contributed by atoms with van der Waals surface area (Å²) in [6.07, 6.45) is 0. The monoisotopic (exact) mass is 336 g/mol. The van der Waals surface area contributed by atoms with Gasteiger partial charge in [-0.05, 0) is 34.1 Å². The zero-order chi connectivity index (χ0) is 14.5. The van der Waals surface area contributed by atoms with Crippen molar-refractivity contribution in [3.05, 3.63) is 64.4 Å². The lowest BCUT2D eigenvalue weighted by atomic mass is 10.1. The molecule has 0 aromatic heterocycles. The molecule has 2 rings (SSSR count). The second-order valence-electron chi connectivity index (χ2n) is 3.87. The summed E-state index contributed by atoms with van der Waals surface area (Å²) in [4.78, 5) is 16.1. The molecule has 2 aromatic rings. The van der Waals surface area contributed by atoms with E-state index in [9.17, 15) is 9.18 Å². The van der Waals surface area contributed by atoms with E-state index in [4.69, 9.17) is 5.21 Å². The molecule has 102 valence electrons. The fourth-order valence-electron chi connectivity index (χ4n) is 1.54. The van der Waals surface area contributed by atoms with Crippen LogP contribution < -0.4 is 5.48 Å². The van der Waals surface area contributed by atoms with Gasteiger partial charge in [-0.3, -0.25) is 10.0 Å². The Labute approximate surface area is 123 Å². The molecule has 0 aliphatic carbocycles. The van der Waals surface area contributed by atoms with Crippen LogP contribution in [0.4, 0.5) is 10.1 Å². The Morgan fingerprint density at radius 1 is 1.20 bits per heavy atom. The molecule has 0 aliphatic rings. The molecule has 0 amide bonds. The van der Waals surface area contributed by atoms with Crippen LogP contribution in [0.3, 0.4) is 0 Å². The number of benzene rings is 2. The predicted octanol–water partition coefficient (Wildman–Crippen LogP) is 3.48. The number of halogens is 2. The quantitative estimate of drug-likeness (QED) is 0.390. The molecule has 0 aliphatic heterocycles. The largest absolute Gasteiger partial charge is 0.290 e. The van der Waals surface area contributed by atoms with Crippen molar-refractivity contribution >= 4 is 33.2 Å². The van der Waals surface area contributed by atoms with Gasteiger partial charge < -0.3 is 0 Å². The molecule has 6 heteroatoms. The van der Waals surface area contributed by atoms with E-state index in [1.807, 2.05) is 0 Å². The average Bonchev–Trinajstić information content (AvgIpc) is 2.48. The number of rotatable bonds is 3. The highest BCUT2D eigenvalue weighted by molar-refractivity contribution is 9.10. The van der Waals surface area contributed by atoms with Crippen LogP contribution in [0.25, 0.3) is 0 Å².